The summed E-state index contributed by atoms with van der Waals surface area (Å²) in [7, 11) is 1.27. The Balaban J connectivity index is 2.24. The number of aromatic nitrogens is 2. The molecule has 7 heteroatoms. The lowest BCUT2D eigenvalue weighted by molar-refractivity contribution is -0.138. The zero-order valence-electron chi connectivity index (χ0n) is 11.4. The van der Waals surface area contributed by atoms with Crippen molar-refractivity contribution in [2.24, 2.45) is 0 Å². The number of halogens is 1. The molecule has 0 atom stereocenters. The van der Waals surface area contributed by atoms with Gasteiger partial charge in [0.2, 0.25) is 0 Å². The molecule has 0 saturated heterocycles. The molecule has 1 heterocycles. The van der Waals surface area contributed by atoms with Crippen LogP contribution in [0.4, 0.5) is 5.82 Å². The standard InChI is InChI=1S/C14H14ClN3O3/c1-21-12(19)7-16-13-14(20)18(9-11(15)17-13)8-10-5-3-2-4-6-10/h2-6,9H,7-8H2,1H3,(H,16,17). The Kier molecular flexibility index (Phi) is 4.94. The van der Waals surface area contributed by atoms with Crippen LogP contribution in [-0.4, -0.2) is 29.2 Å². The van der Waals surface area contributed by atoms with Crippen molar-refractivity contribution in [3.05, 3.63) is 57.6 Å². The molecule has 0 spiro atoms. The highest BCUT2D eigenvalue weighted by molar-refractivity contribution is 6.29. The number of nitrogens with one attached hydrogen (secondary N) is 1. The van der Waals surface area contributed by atoms with E-state index in [0.29, 0.717) is 6.54 Å². The Labute approximate surface area is 126 Å². The van der Waals surface area contributed by atoms with E-state index in [2.05, 4.69) is 15.0 Å². The summed E-state index contributed by atoms with van der Waals surface area (Å²) in [4.78, 5) is 27.3. The fourth-order valence-electron chi connectivity index (χ4n) is 1.75. The molecule has 0 amide bonds. The molecule has 0 aliphatic rings. The summed E-state index contributed by atoms with van der Waals surface area (Å²) in [5.41, 5.74) is 0.605. The Bertz CT molecular complexity index is 686. The summed E-state index contributed by atoms with van der Waals surface area (Å²) >= 11 is 5.91. The molecule has 0 unspecified atom stereocenters. The van der Waals surface area contributed by atoms with E-state index in [-0.39, 0.29) is 23.1 Å². The average molecular weight is 308 g/mol. The SMILES string of the molecule is COC(=O)CNc1nc(Cl)cn(Cc2ccccc2)c1=O. The zero-order chi connectivity index (χ0) is 15.2. The van der Waals surface area contributed by atoms with Gasteiger partial charge in [-0.05, 0) is 5.56 Å². The van der Waals surface area contributed by atoms with Crippen LogP contribution in [0.25, 0.3) is 0 Å². The van der Waals surface area contributed by atoms with Gasteiger partial charge in [0.15, 0.2) is 5.82 Å². The van der Waals surface area contributed by atoms with Gasteiger partial charge >= 0.3 is 5.97 Å². The molecule has 21 heavy (non-hydrogen) atoms. The van der Waals surface area contributed by atoms with E-state index in [9.17, 15) is 9.59 Å². The van der Waals surface area contributed by atoms with Crippen LogP contribution >= 0.6 is 11.6 Å². The Morgan fingerprint density at radius 1 is 1.38 bits per heavy atom. The predicted molar refractivity (Wildman–Crippen MR) is 79.6 cm³/mol. The van der Waals surface area contributed by atoms with Crippen molar-refractivity contribution < 1.29 is 9.53 Å². The van der Waals surface area contributed by atoms with Gasteiger partial charge in [0.05, 0.1) is 13.7 Å². The first-order valence-corrected chi connectivity index (χ1v) is 6.59. The lowest BCUT2D eigenvalue weighted by atomic mass is 10.2. The molecule has 2 aromatic rings. The maximum absolute atomic E-state index is 12.3. The number of ether oxygens (including phenoxy) is 1. The smallest absolute Gasteiger partial charge is 0.325 e. The Morgan fingerprint density at radius 2 is 2.10 bits per heavy atom. The maximum atomic E-state index is 12.3. The molecule has 0 aliphatic heterocycles. The number of carbonyl (C=O) groups excluding carboxylic acids is 1. The second-order valence-corrected chi connectivity index (χ2v) is 4.65. The largest absolute Gasteiger partial charge is 0.468 e. The second kappa shape index (κ2) is 6.90. The normalized spacial score (nSPS) is 10.2. The van der Waals surface area contributed by atoms with E-state index in [0.717, 1.165) is 5.56 Å². The minimum absolute atomic E-state index is 0.0174. The van der Waals surface area contributed by atoms with Crippen LogP contribution in [0.1, 0.15) is 5.56 Å². The molecule has 0 aliphatic carbocycles. The number of rotatable bonds is 5. The third-order valence-corrected chi connectivity index (χ3v) is 2.95. The topological polar surface area (TPSA) is 73.2 Å². The van der Waals surface area contributed by atoms with Crippen molar-refractivity contribution in [2.45, 2.75) is 6.54 Å². The van der Waals surface area contributed by atoms with Crippen molar-refractivity contribution in [3.63, 3.8) is 0 Å². The molecule has 0 radical (unpaired) electrons. The number of esters is 1. The number of anilines is 1. The lowest BCUT2D eigenvalue weighted by Gasteiger charge is -2.09. The van der Waals surface area contributed by atoms with Crippen molar-refractivity contribution in [1.29, 1.82) is 0 Å². The van der Waals surface area contributed by atoms with Crippen molar-refractivity contribution in [1.82, 2.24) is 9.55 Å². The third kappa shape index (κ3) is 4.06. The number of hydrogen-bond acceptors (Lipinski definition) is 5. The third-order valence-electron chi connectivity index (χ3n) is 2.77. The summed E-state index contributed by atoms with van der Waals surface area (Å²) in [5.74, 6) is -0.477. The van der Waals surface area contributed by atoms with Gasteiger partial charge in [-0.3, -0.25) is 9.59 Å². The van der Waals surface area contributed by atoms with Gasteiger partial charge in [-0.25, -0.2) is 4.98 Å². The molecule has 6 nitrogen and oxygen atoms in total. The van der Waals surface area contributed by atoms with E-state index >= 15 is 0 Å². The highest BCUT2D eigenvalue weighted by Crippen LogP contribution is 2.08. The second-order valence-electron chi connectivity index (χ2n) is 4.26. The van der Waals surface area contributed by atoms with Crippen molar-refractivity contribution >= 4 is 23.4 Å². The van der Waals surface area contributed by atoms with Gasteiger partial charge in [-0.1, -0.05) is 41.9 Å². The van der Waals surface area contributed by atoms with E-state index < -0.39 is 5.97 Å². The van der Waals surface area contributed by atoms with Gasteiger partial charge < -0.3 is 14.6 Å². The number of benzene rings is 1. The minimum Gasteiger partial charge on any atom is -0.468 e. The summed E-state index contributed by atoms with van der Waals surface area (Å²) in [5, 5.41) is 2.79. The molecule has 2 rings (SSSR count). The average Bonchev–Trinajstić information content (AvgIpc) is 2.49. The lowest BCUT2D eigenvalue weighted by Crippen LogP contribution is -2.27. The fourth-order valence-corrected chi connectivity index (χ4v) is 1.95. The molecule has 0 fully saturated rings. The number of nitrogens with zero attached hydrogens (tertiary/aromatic N) is 2. The van der Waals surface area contributed by atoms with E-state index in [1.165, 1.54) is 17.9 Å². The van der Waals surface area contributed by atoms with Gasteiger partial charge in [-0.15, -0.1) is 0 Å². The first-order valence-electron chi connectivity index (χ1n) is 6.21. The van der Waals surface area contributed by atoms with Crippen molar-refractivity contribution in [3.8, 4) is 0 Å². The zero-order valence-corrected chi connectivity index (χ0v) is 12.1. The first-order chi connectivity index (χ1) is 10.1. The van der Waals surface area contributed by atoms with Crippen LogP contribution in [0.3, 0.4) is 0 Å². The molecule has 1 N–H and O–H groups in total. The molecule has 0 bridgehead atoms. The molecular formula is C14H14ClN3O3. The van der Waals surface area contributed by atoms with Crippen LogP contribution < -0.4 is 10.9 Å². The highest BCUT2D eigenvalue weighted by Gasteiger charge is 2.10. The fraction of sp³-hybridized carbons (Fsp3) is 0.214. The predicted octanol–water partition coefficient (Wildman–Crippen LogP) is 1.53. The maximum Gasteiger partial charge on any atom is 0.325 e. The summed E-state index contributed by atoms with van der Waals surface area (Å²) < 4.78 is 5.93. The van der Waals surface area contributed by atoms with Crippen LogP contribution in [-0.2, 0) is 16.1 Å². The highest BCUT2D eigenvalue weighted by atomic mass is 35.5. The van der Waals surface area contributed by atoms with Gasteiger partial charge in [0.1, 0.15) is 11.7 Å². The van der Waals surface area contributed by atoms with E-state index in [4.69, 9.17) is 11.6 Å². The molecule has 1 aromatic heterocycles. The van der Waals surface area contributed by atoms with Crippen LogP contribution in [0.2, 0.25) is 5.15 Å². The molecule has 0 saturated carbocycles. The molecule has 1 aromatic carbocycles. The summed E-state index contributed by atoms with van der Waals surface area (Å²) in [6.07, 6.45) is 1.46. The van der Waals surface area contributed by atoms with Crippen LogP contribution in [0.5, 0.6) is 0 Å². The Hall–Kier alpha value is -2.34. The van der Waals surface area contributed by atoms with Crippen LogP contribution in [0, 0.1) is 0 Å². The summed E-state index contributed by atoms with van der Waals surface area (Å²) in [6.45, 7) is 0.221. The first kappa shape index (κ1) is 15.1. The molecule has 110 valence electrons. The quantitative estimate of drug-likeness (QED) is 0.848. The molecular weight excluding hydrogens is 294 g/mol. The summed E-state index contributed by atoms with van der Waals surface area (Å²) in [6, 6.07) is 9.49. The van der Waals surface area contributed by atoms with Gasteiger partial charge in [0, 0.05) is 6.20 Å². The van der Waals surface area contributed by atoms with Crippen LogP contribution in [0.15, 0.2) is 41.3 Å². The number of methoxy groups -OCH3 is 1. The van der Waals surface area contributed by atoms with Gasteiger partial charge in [-0.2, -0.15) is 0 Å². The van der Waals surface area contributed by atoms with Crippen molar-refractivity contribution in [2.75, 3.05) is 19.0 Å². The Morgan fingerprint density at radius 3 is 2.76 bits per heavy atom. The number of hydrogen-bond donors (Lipinski definition) is 1. The van der Waals surface area contributed by atoms with Gasteiger partial charge in [0.25, 0.3) is 5.56 Å². The monoisotopic (exact) mass is 307 g/mol. The van der Waals surface area contributed by atoms with E-state index in [1.54, 1.807) is 0 Å². The number of carbonyl (C=O) groups is 1. The minimum atomic E-state index is -0.495. The van der Waals surface area contributed by atoms with E-state index in [1.807, 2.05) is 30.3 Å².